The number of aromatic nitrogens is 8. The van der Waals surface area contributed by atoms with Crippen LogP contribution in [0.2, 0.25) is 0 Å². The van der Waals surface area contributed by atoms with Crippen molar-refractivity contribution in [3.63, 3.8) is 0 Å². The quantitative estimate of drug-likeness (QED) is 0.0610. The summed E-state index contributed by atoms with van der Waals surface area (Å²) in [7, 11) is -10.8. The lowest BCUT2D eigenvalue weighted by Crippen LogP contribution is -2.41. The molecule has 0 aliphatic carbocycles. The van der Waals surface area contributed by atoms with Gasteiger partial charge in [0.25, 0.3) is 26.8 Å². The number of aliphatic hydroxyl groups excluding tert-OH is 2. The van der Waals surface area contributed by atoms with Crippen molar-refractivity contribution in [3.05, 3.63) is 26.5 Å². The van der Waals surface area contributed by atoms with Crippen molar-refractivity contribution >= 4 is 74.3 Å². The molecule has 4 unspecified atom stereocenters. The number of hydrogen-bond donors (Lipinski definition) is 7. The molecule has 0 aromatic carbocycles. The van der Waals surface area contributed by atoms with Gasteiger partial charge in [-0.2, -0.15) is 22.6 Å². The first kappa shape index (κ1) is 35.5. The Kier molecular flexibility index (Phi) is 9.17. The Labute approximate surface area is 287 Å². The van der Waals surface area contributed by atoms with Crippen LogP contribution in [-0.4, -0.2) is 105 Å². The number of anilines is 2. The first-order valence-corrected chi connectivity index (χ1v) is 19.0. The first-order chi connectivity index (χ1) is 23.6. The van der Waals surface area contributed by atoms with E-state index < -0.39 is 89.1 Å². The molecule has 7 heterocycles. The number of thioether (sulfide) groups is 1. The largest absolute Gasteiger partial charge is 0.756 e. The number of fused-ring (bicyclic) bond motifs is 4. The lowest BCUT2D eigenvalue weighted by atomic mass is 10.1. The Balaban J connectivity index is 1.21. The molecule has 3 aliphatic heterocycles. The zero-order chi connectivity index (χ0) is 35.9. The Morgan fingerprint density at radius 3 is 1.80 bits per heavy atom. The van der Waals surface area contributed by atoms with Crippen molar-refractivity contribution in [1.29, 1.82) is 0 Å². The summed E-state index contributed by atoms with van der Waals surface area (Å²) in [5.41, 5.74) is 9.27. The molecule has 4 aromatic heterocycles. The van der Waals surface area contributed by atoms with Gasteiger partial charge in [0.1, 0.15) is 42.4 Å². The molecule has 3 fully saturated rings. The minimum absolute atomic E-state index is 0.0416. The van der Waals surface area contributed by atoms with E-state index in [0.717, 1.165) is 16.3 Å². The molecule has 0 spiro atoms. The van der Waals surface area contributed by atoms with Crippen LogP contribution < -0.4 is 32.4 Å². The fraction of sp³-hybridized carbons (Fsp3) is 0.545. The van der Waals surface area contributed by atoms with Gasteiger partial charge in [-0.05, 0) is 6.26 Å². The van der Waals surface area contributed by atoms with Gasteiger partial charge in [0, 0.05) is 5.75 Å². The van der Waals surface area contributed by atoms with Gasteiger partial charge in [0.05, 0.1) is 13.2 Å². The van der Waals surface area contributed by atoms with Gasteiger partial charge >= 0.3 is 0 Å². The summed E-state index contributed by atoms with van der Waals surface area (Å²) >= 11 is 5.21. The summed E-state index contributed by atoms with van der Waals surface area (Å²) in [5, 5.41) is 22.7. The van der Waals surface area contributed by atoms with Crippen molar-refractivity contribution < 1.29 is 56.7 Å². The second kappa shape index (κ2) is 12.9. The van der Waals surface area contributed by atoms with Gasteiger partial charge in [0.2, 0.25) is 11.9 Å². The van der Waals surface area contributed by atoms with E-state index in [1.165, 1.54) is 4.57 Å². The van der Waals surface area contributed by atoms with Crippen LogP contribution in [0.25, 0.3) is 22.3 Å². The summed E-state index contributed by atoms with van der Waals surface area (Å²) in [6.45, 7) is -1.96. The molecule has 0 radical (unpaired) electrons. The number of hydrogen-bond acceptors (Lipinski definition) is 22. The predicted octanol–water partition coefficient (Wildman–Crippen LogP) is -3.16. The SMILES string of the molecule is CSc1nc2c(=O)[nH]c(N)nc2n1[C@@H]1O[C@@H]2COP(=O)([O-])O[C@@H]3C(O)[C@H](n4c(CS)nc5c(=O)[nH]c(N)nc54)O[C@@H]3COP(=O)([O-])OC2[C@@H]1O. The van der Waals surface area contributed by atoms with E-state index in [-0.39, 0.29) is 51.0 Å². The van der Waals surface area contributed by atoms with Crippen molar-refractivity contribution in [3.8, 4) is 0 Å². The summed E-state index contributed by atoms with van der Waals surface area (Å²) in [6, 6.07) is 0. The summed E-state index contributed by atoms with van der Waals surface area (Å²) in [6.07, 6.45) is -12.3. The Morgan fingerprint density at radius 2 is 1.32 bits per heavy atom. The van der Waals surface area contributed by atoms with E-state index in [9.17, 15) is 38.7 Å². The maximum atomic E-state index is 13.2. The van der Waals surface area contributed by atoms with Crippen LogP contribution in [-0.2, 0) is 42.5 Å². The molecule has 50 heavy (non-hydrogen) atoms. The molecule has 0 saturated carbocycles. The number of nitrogen functional groups attached to an aromatic ring is 2. The van der Waals surface area contributed by atoms with Crippen LogP contribution in [0, 0.1) is 0 Å². The highest BCUT2D eigenvalue weighted by Crippen LogP contribution is 2.51. The van der Waals surface area contributed by atoms with Crippen LogP contribution in [0.4, 0.5) is 11.9 Å². The average Bonchev–Trinajstić information content (AvgIpc) is 3.76. The van der Waals surface area contributed by atoms with Crippen LogP contribution in [0.3, 0.4) is 0 Å². The van der Waals surface area contributed by atoms with Gasteiger partial charge in [-0.25, -0.2) is 9.97 Å². The maximum absolute atomic E-state index is 13.2. The lowest BCUT2D eigenvalue weighted by molar-refractivity contribution is -0.244. The third kappa shape index (κ3) is 6.17. The number of phosphoric ester groups is 2. The maximum Gasteiger partial charge on any atom is 0.280 e. The highest BCUT2D eigenvalue weighted by Gasteiger charge is 2.52. The van der Waals surface area contributed by atoms with E-state index >= 15 is 0 Å². The second-order valence-electron chi connectivity index (χ2n) is 11.0. The Bertz CT molecular complexity index is 2050. The Morgan fingerprint density at radius 1 is 0.860 bits per heavy atom. The van der Waals surface area contributed by atoms with Crippen molar-refractivity contribution in [2.45, 2.75) is 60.0 Å². The normalized spacial score (nSPS) is 35.2. The zero-order valence-electron chi connectivity index (χ0n) is 25.1. The molecule has 8 N–H and O–H groups in total. The summed E-state index contributed by atoms with van der Waals surface area (Å²) in [5.74, 6) is -0.695. The number of ether oxygens (including phenoxy) is 2. The predicted molar refractivity (Wildman–Crippen MR) is 166 cm³/mol. The molecular weight excluding hydrogens is 754 g/mol. The average molecular weight is 781 g/mol. The summed E-state index contributed by atoms with van der Waals surface area (Å²) < 4.78 is 60.8. The van der Waals surface area contributed by atoms with Gasteiger partial charge in [-0.3, -0.25) is 37.8 Å². The fourth-order valence-electron chi connectivity index (χ4n) is 5.86. The van der Waals surface area contributed by atoms with Crippen LogP contribution in [0.15, 0.2) is 14.7 Å². The zero-order valence-corrected chi connectivity index (χ0v) is 28.6. The number of nitrogens with zero attached hydrogens (tertiary/aromatic N) is 6. The number of phosphoric acid groups is 2. The number of H-pyrrole nitrogens is 2. The molecule has 0 bridgehead atoms. The van der Waals surface area contributed by atoms with E-state index in [4.69, 9.17) is 39.0 Å². The lowest BCUT2D eigenvalue weighted by Gasteiger charge is -2.34. The molecule has 0 amide bonds. The van der Waals surface area contributed by atoms with E-state index in [1.54, 1.807) is 6.26 Å². The van der Waals surface area contributed by atoms with Gasteiger partial charge < -0.3 is 59.0 Å². The number of rotatable bonds is 4. The highest BCUT2D eigenvalue weighted by molar-refractivity contribution is 7.98. The molecule has 7 rings (SSSR count). The molecule has 3 aliphatic rings. The Hall–Kier alpha value is -2.94. The standard InChI is InChI=1S/C22H28N10O14P2S2/c1-50-22-26-9-15(28-21(24)30-17(9)36)32(22)19-11(34)13-6(44-19)3-42-47(37,38)45-12-5(2-41-48(39,40)46-13)43-18(10(12)33)31-7(4-49)25-8-14(31)27-20(23)29-16(8)35/h5-6,10-13,18-19,33-34,49H,2-4H2,1H3,(H,37,38)(H,39,40)(H3,23,27,29,35)(H3,24,28,30,36)/p-2/t5-,6-,10?,11+,12+,13?,18-,19-/m1/s1. The van der Waals surface area contributed by atoms with E-state index in [0.29, 0.717) is 0 Å². The number of imidazole rings is 2. The van der Waals surface area contributed by atoms with Gasteiger partial charge in [0.15, 0.2) is 39.9 Å². The molecule has 3 saturated heterocycles. The number of thiol groups is 1. The first-order valence-electron chi connectivity index (χ1n) is 14.3. The van der Waals surface area contributed by atoms with E-state index in [2.05, 4.69) is 42.5 Å². The molecule has 28 heteroatoms. The number of nitrogens with one attached hydrogen (secondary N) is 2. The number of aromatic amines is 2. The van der Waals surface area contributed by atoms with Crippen molar-refractivity contribution in [2.24, 2.45) is 0 Å². The number of aliphatic hydroxyl groups is 2. The van der Waals surface area contributed by atoms with Crippen molar-refractivity contribution in [1.82, 2.24) is 39.0 Å². The topological polar surface area (TPSA) is 355 Å². The monoisotopic (exact) mass is 780 g/mol. The van der Waals surface area contributed by atoms with Crippen LogP contribution >= 0.6 is 40.0 Å². The molecule has 10 atom stereocenters. The van der Waals surface area contributed by atoms with Crippen LogP contribution in [0.5, 0.6) is 0 Å². The second-order valence-corrected chi connectivity index (χ2v) is 14.8. The summed E-state index contributed by atoms with van der Waals surface area (Å²) in [4.78, 5) is 72.3. The highest BCUT2D eigenvalue weighted by atomic mass is 32.2. The molecular formula is C22H26N10O14P2S2-2. The smallest absolute Gasteiger partial charge is 0.280 e. The molecule has 24 nitrogen and oxygen atoms in total. The molecule has 272 valence electrons. The van der Waals surface area contributed by atoms with Gasteiger partial charge in [-0.15, -0.1) is 0 Å². The molecule has 4 aromatic rings. The van der Waals surface area contributed by atoms with Crippen LogP contribution in [0.1, 0.15) is 18.3 Å². The van der Waals surface area contributed by atoms with E-state index in [1.807, 2.05) is 0 Å². The number of nitrogens with two attached hydrogens (primary N) is 2. The third-order valence-electron chi connectivity index (χ3n) is 7.93. The fourth-order valence-corrected chi connectivity index (χ4v) is 8.55. The third-order valence-corrected chi connectivity index (χ3v) is 10.8. The van der Waals surface area contributed by atoms with Crippen molar-refractivity contribution in [2.75, 3.05) is 30.9 Å². The van der Waals surface area contributed by atoms with Gasteiger partial charge in [-0.1, -0.05) is 11.8 Å². The minimum Gasteiger partial charge on any atom is -0.756 e. The minimum atomic E-state index is -5.42.